The Bertz CT molecular complexity index is 1130. The summed E-state index contributed by atoms with van der Waals surface area (Å²) in [4.78, 5) is 24.1. The van der Waals surface area contributed by atoms with E-state index in [4.69, 9.17) is 0 Å². The van der Waals surface area contributed by atoms with E-state index in [-0.39, 0.29) is 23.8 Å². The topological polar surface area (TPSA) is 88.8 Å². The third kappa shape index (κ3) is 3.57. The van der Waals surface area contributed by atoms with Crippen LogP contribution in [0.5, 0.6) is 0 Å². The Balaban J connectivity index is 1.37. The molecule has 1 amide bonds. The molecule has 3 heterocycles. The Hall–Kier alpha value is -3.50. The Morgan fingerprint density at radius 3 is 2.56 bits per heavy atom. The molecule has 2 bridgehead atoms. The average Bonchev–Trinajstić information content (AvgIpc) is 3.50. The van der Waals surface area contributed by atoms with Gasteiger partial charge >= 0.3 is 6.18 Å². The van der Waals surface area contributed by atoms with Crippen molar-refractivity contribution in [1.82, 2.24) is 29.9 Å². The molecule has 3 aromatic rings. The number of nitrogens with zero attached hydrogens (tertiary/aromatic N) is 6. The first kappa shape index (κ1) is 20.4. The quantitative estimate of drug-likeness (QED) is 0.667. The summed E-state index contributed by atoms with van der Waals surface area (Å²) in [7, 11) is 0. The minimum atomic E-state index is -4.53. The number of hydrogen-bond acceptors (Lipinski definition) is 6. The Labute approximate surface area is 181 Å². The number of anilines is 1. The number of benzene rings is 1. The van der Waals surface area contributed by atoms with Crippen LogP contribution in [0.3, 0.4) is 0 Å². The minimum Gasteiger partial charge on any atom is -0.364 e. The summed E-state index contributed by atoms with van der Waals surface area (Å²) in [6, 6.07) is 5.30. The summed E-state index contributed by atoms with van der Waals surface area (Å²) in [6.45, 7) is 2.54. The van der Waals surface area contributed by atoms with Gasteiger partial charge in [-0.3, -0.25) is 4.79 Å². The van der Waals surface area contributed by atoms with E-state index in [0.717, 1.165) is 24.6 Å². The maximum Gasteiger partial charge on any atom is 0.434 e. The number of likely N-dealkylation sites (tertiary alicyclic amines) is 1. The molecular weight excluding hydrogens is 423 g/mol. The van der Waals surface area contributed by atoms with Crippen LogP contribution in [0, 0.1) is 12.8 Å². The van der Waals surface area contributed by atoms with Crippen LogP contribution in [-0.4, -0.2) is 54.4 Å². The van der Waals surface area contributed by atoms with Crippen LogP contribution in [0.15, 0.2) is 43.0 Å². The van der Waals surface area contributed by atoms with Gasteiger partial charge in [-0.25, -0.2) is 9.97 Å². The molecule has 32 heavy (non-hydrogen) atoms. The first-order valence-electron chi connectivity index (χ1n) is 10.2. The summed E-state index contributed by atoms with van der Waals surface area (Å²) < 4.78 is 38.2. The summed E-state index contributed by atoms with van der Waals surface area (Å²) in [6.07, 6.45) is 2.04. The molecule has 1 aliphatic heterocycles. The predicted octanol–water partition coefficient (Wildman–Crippen LogP) is 3.10. The number of hydrogen-bond donors (Lipinski definition) is 1. The number of amides is 1. The number of carbonyl (C=O) groups excluding carboxylic acids is 1. The van der Waals surface area contributed by atoms with Crippen LogP contribution in [0.25, 0.3) is 5.69 Å². The lowest BCUT2D eigenvalue weighted by Gasteiger charge is -2.34. The van der Waals surface area contributed by atoms with Gasteiger partial charge in [0.05, 0.1) is 36.4 Å². The zero-order valence-corrected chi connectivity index (χ0v) is 17.1. The molecule has 2 unspecified atom stereocenters. The summed E-state index contributed by atoms with van der Waals surface area (Å²) in [5.74, 6) is 0.471. The van der Waals surface area contributed by atoms with Gasteiger partial charge in [0.2, 0.25) is 0 Å². The molecule has 1 aromatic carbocycles. The van der Waals surface area contributed by atoms with Crippen molar-refractivity contribution in [1.29, 1.82) is 0 Å². The van der Waals surface area contributed by atoms with Crippen LogP contribution in [-0.2, 0) is 6.18 Å². The van der Waals surface area contributed by atoms with E-state index in [0.29, 0.717) is 29.9 Å². The Morgan fingerprint density at radius 1 is 1.12 bits per heavy atom. The molecule has 1 saturated heterocycles. The molecule has 1 N–H and O–H groups in total. The molecule has 3 atom stereocenters. The van der Waals surface area contributed by atoms with Crippen molar-refractivity contribution in [3.8, 4) is 5.69 Å². The number of carbonyl (C=O) groups is 1. The molecule has 0 spiro atoms. The van der Waals surface area contributed by atoms with Crippen molar-refractivity contribution < 1.29 is 18.0 Å². The molecule has 11 heteroatoms. The average molecular weight is 443 g/mol. The van der Waals surface area contributed by atoms with E-state index in [1.807, 2.05) is 24.0 Å². The third-order valence-corrected chi connectivity index (χ3v) is 6.11. The highest BCUT2D eigenvalue weighted by Gasteiger charge is 2.47. The van der Waals surface area contributed by atoms with Crippen molar-refractivity contribution in [2.75, 3.05) is 11.9 Å². The van der Waals surface area contributed by atoms with Crippen LogP contribution in [0.1, 0.15) is 34.5 Å². The second-order valence-electron chi connectivity index (χ2n) is 8.19. The smallest absolute Gasteiger partial charge is 0.364 e. The molecule has 2 fully saturated rings. The van der Waals surface area contributed by atoms with Crippen molar-refractivity contribution >= 4 is 11.7 Å². The van der Waals surface area contributed by atoms with Gasteiger partial charge in [-0.15, -0.1) is 0 Å². The summed E-state index contributed by atoms with van der Waals surface area (Å²) in [5.41, 5.74) is 1.00. The van der Waals surface area contributed by atoms with E-state index in [2.05, 4.69) is 25.5 Å². The Morgan fingerprint density at radius 2 is 1.91 bits per heavy atom. The normalized spacial score (nSPS) is 22.4. The van der Waals surface area contributed by atoms with E-state index in [1.165, 1.54) is 4.80 Å². The SMILES string of the molecule is Cc1cccc(C(=O)N2C[C@H]3CC(Nc4cnc(C(F)(F)F)cn4)C2C3)c1-n1nccn1. The Kier molecular flexibility index (Phi) is 4.83. The minimum absolute atomic E-state index is 0.0875. The van der Waals surface area contributed by atoms with Crippen LogP contribution >= 0.6 is 0 Å². The van der Waals surface area contributed by atoms with Crippen molar-refractivity contribution in [2.45, 2.75) is 38.0 Å². The lowest BCUT2D eigenvalue weighted by molar-refractivity contribution is -0.141. The largest absolute Gasteiger partial charge is 0.434 e. The third-order valence-electron chi connectivity index (χ3n) is 6.11. The fourth-order valence-electron chi connectivity index (χ4n) is 4.74. The monoisotopic (exact) mass is 443 g/mol. The lowest BCUT2D eigenvalue weighted by atomic mass is 10.0. The van der Waals surface area contributed by atoms with Crippen LogP contribution < -0.4 is 5.32 Å². The van der Waals surface area contributed by atoms with Crippen LogP contribution in [0.2, 0.25) is 0 Å². The highest BCUT2D eigenvalue weighted by molar-refractivity contribution is 5.98. The van der Waals surface area contributed by atoms with E-state index in [9.17, 15) is 18.0 Å². The van der Waals surface area contributed by atoms with Gasteiger partial charge in [0, 0.05) is 12.6 Å². The summed E-state index contributed by atoms with van der Waals surface area (Å²) in [5, 5.41) is 11.6. The predicted molar refractivity (Wildman–Crippen MR) is 108 cm³/mol. The zero-order chi connectivity index (χ0) is 22.5. The van der Waals surface area contributed by atoms with E-state index in [1.54, 1.807) is 18.5 Å². The second kappa shape index (κ2) is 7.57. The number of nitrogens with one attached hydrogen (secondary N) is 1. The number of halogens is 3. The highest BCUT2D eigenvalue weighted by Crippen LogP contribution is 2.40. The molecule has 5 rings (SSSR count). The zero-order valence-electron chi connectivity index (χ0n) is 17.1. The first-order chi connectivity index (χ1) is 15.3. The van der Waals surface area contributed by atoms with Gasteiger partial charge in [-0.2, -0.15) is 28.2 Å². The van der Waals surface area contributed by atoms with Crippen molar-refractivity contribution in [3.05, 3.63) is 59.8 Å². The van der Waals surface area contributed by atoms with Crippen LogP contribution in [0.4, 0.5) is 19.0 Å². The van der Waals surface area contributed by atoms with Gasteiger partial charge in [0.1, 0.15) is 11.5 Å². The number of aryl methyl sites for hydroxylation is 1. The number of aromatic nitrogens is 5. The maximum atomic E-state index is 13.5. The van der Waals surface area contributed by atoms with Gasteiger partial charge < -0.3 is 10.2 Å². The maximum absolute atomic E-state index is 13.5. The second-order valence-corrected chi connectivity index (χ2v) is 8.19. The van der Waals surface area contributed by atoms with E-state index < -0.39 is 11.9 Å². The molecule has 1 aliphatic carbocycles. The standard InChI is InChI=1S/C21H20F3N7O/c1-12-3-2-4-14(19(12)31-27-5-6-28-31)20(32)30-11-13-7-15(16(30)8-13)29-18-10-25-17(9-26-18)21(22,23)24/h2-6,9-10,13,15-16H,7-8,11H2,1H3,(H,26,29)/t13-,15?,16?/m0/s1. The fourth-order valence-corrected chi connectivity index (χ4v) is 4.74. The van der Waals surface area contributed by atoms with Gasteiger partial charge in [0.15, 0.2) is 5.69 Å². The number of para-hydroxylation sites is 1. The van der Waals surface area contributed by atoms with E-state index >= 15 is 0 Å². The highest BCUT2D eigenvalue weighted by atomic mass is 19.4. The van der Waals surface area contributed by atoms with Gasteiger partial charge in [0.25, 0.3) is 5.91 Å². The molecule has 2 aromatic heterocycles. The molecule has 0 radical (unpaired) electrons. The lowest BCUT2D eigenvalue weighted by Crippen LogP contribution is -2.48. The number of piperidine rings is 1. The van der Waals surface area contributed by atoms with Gasteiger partial charge in [-0.1, -0.05) is 12.1 Å². The van der Waals surface area contributed by atoms with Crippen molar-refractivity contribution in [3.63, 3.8) is 0 Å². The number of rotatable bonds is 4. The molecular formula is C21H20F3N7O. The molecule has 8 nitrogen and oxygen atoms in total. The van der Waals surface area contributed by atoms with Crippen molar-refractivity contribution in [2.24, 2.45) is 5.92 Å². The first-order valence-corrected chi connectivity index (χ1v) is 10.2. The number of alkyl halides is 3. The molecule has 1 saturated carbocycles. The number of fused-ring (bicyclic) bond motifs is 2. The van der Waals surface area contributed by atoms with Gasteiger partial charge in [-0.05, 0) is 37.3 Å². The fraction of sp³-hybridized carbons (Fsp3) is 0.381. The molecule has 166 valence electrons. The summed E-state index contributed by atoms with van der Waals surface area (Å²) >= 11 is 0. The molecule has 2 aliphatic rings.